The van der Waals surface area contributed by atoms with Gasteiger partial charge >= 0.3 is 6.09 Å². The molecule has 0 spiro atoms. The van der Waals surface area contributed by atoms with Gasteiger partial charge in [0.25, 0.3) is 5.91 Å². The Bertz CT molecular complexity index is 696. The van der Waals surface area contributed by atoms with Crippen LogP contribution in [0.2, 0.25) is 5.02 Å². The summed E-state index contributed by atoms with van der Waals surface area (Å²) in [5, 5.41) is 9.79. The molecule has 1 aromatic rings. The maximum Gasteiger partial charge on any atom is 0.409 e. The van der Waals surface area contributed by atoms with Crippen molar-refractivity contribution in [1.29, 1.82) is 0 Å². The first-order valence-corrected chi connectivity index (χ1v) is 9.84. The Morgan fingerprint density at radius 1 is 1.21 bits per heavy atom. The molecule has 162 valence electrons. The van der Waals surface area contributed by atoms with Gasteiger partial charge in [0, 0.05) is 39.3 Å². The summed E-state index contributed by atoms with van der Waals surface area (Å²) in [6.07, 6.45) is 1.39. The van der Waals surface area contributed by atoms with E-state index in [1.54, 1.807) is 43.1 Å². The fraction of sp³-hybridized carbons (Fsp3) is 0.526. The molecular weight excluding hydrogens is 509 g/mol. The van der Waals surface area contributed by atoms with Gasteiger partial charge in [-0.3, -0.25) is 9.79 Å². The molecule has 1 saturated heterocycles. The van der Waals surface area contributed by atoms with E-state index in [0.717, 1.165) is 12.8 Å². The number of likely N-dealkylation sites (tertiary alicyclic amines) is 1. The Morgan fingerprint density at radius 2 is 1.86 bits per heavy atom. The zero-order valence-corrected chi connectivity index (χ0v) is 19.8. The van der Waals surface area contributed by atoms with E-state index in [4.69, 9.17) is 16.3 Å². The van der Waals surface area contributed by atoms with Crippen molar-refractivity contribution >= 4 is 53.5 Å². The summed E-state index contributed by atoms with van der Waals surface area (Å²) in [6.45, 7) is 4.46. The molecule has 1 heterocycles. The molecule has 1 aliphatic heterocycles. The molecule has 29 heavy (non-hydrogen) atoms. The summed E-state index contributed by atoms with van der Waals surface area (Å²) in [4.78, 5) is 29.8. The normalized spacial score (nSPS) is 14.6. The van der Waals surface area contributed by atoms with Gasteiger partial charge in [0.15, 0.2) is 5.96 Å². The lowest BCUT2D eigenvalue weighted by molar-refractivity contribution is 0.0948. The van der Waals surface area contributed by atoms with Crippen LogP contribution in [-0.2, 0) is 4.74 Å². The standard InChI is InChI=1S/C19H28ClN5O3.HI/c1-3-28-19(27)25-12-8-14(9-13-25)24-18(21-2)23-11-10-22-17(26)15-6-4-5-7-16(15)20;/h4-7,14H,3,8-13H2,1-2H3,(H,22,26)(H2,21,23,24);1H. The van der Waals surface area contributed by atoms with Crippen LogP contribution in [0.15, 0.2) is 29.3 Å². The molecule has 8 nitrogen and oxygen atoms in total. The monoisotopic (exact) mass is 537 g/mol. The number of aliphatic imine (C=N–C) groups is 1. The second-order valence-corrected chi connectivity index (χ2v) is 6.75. The van der Waals surface area contributed by atoms with E-state index in [9.17, 15) is 9.59 Å². The van der Waals surface area contributed by atoms with Crippen LogP contribution in [0.25, 0.3) is 0 Å². The fourth-order valence-corrected chi connectivity index (χ4v) is 3.13. The molecule has 10 heteroatoms. The number of nitrogens with zero attached hydrogens (tertiary/aromatic N) is 2. The summed E-state index contributed by atoms with van der Waals surface area (Å²) in [6, 6.07) is 7.17. The number of carbonyl (C=O) groups excluding carboxylic acids is 2. The molecule has 1 aromatic carbocycles. The third-order valence-electron chi connectivity index (χ3n) is 4.41. The first-order valence-electron chi connectivity index (χ1n) is 9.46. The van der Waals surface area contributed by atoms with Gasteiger partial charge in [-0.15, -0.1) is 24.0 Å². The average Bonchev–Trinajstić information content (AvgIpc) is 2.71. The van der Waals surface area contributed by atoms with E-state index in [0.29, 0.717) is 49.3 Å². The molecule has 1 aliphatic rings. The Kier molecular flexibility index (Phi) is 11.7. The Hall–Kier alpha value is -1.75. The summed E-state index contributed by atoms with van der Waals surface area (Å²) in [5.74, 6) is 0.461. The molecule has 0 radical (unpaired) electrons. The zero-order chi connectivity index (χ0) is 20.4. The van der Waals surface area contributed by atoms with Crippen LogP contribution in [0.3, 0.4) is 0 Å². The number of carbonyl (C=O) groups is 2. The highest BCUT2D eigenvalue weighted by Gasteiger charge is 2.24. The minimum absolute atomic E-state index is 0. The second kappa shape index (κ2) is 13.5. The van der Waals surface area contributed by atoms with E-state index >= 15 is 0 Å². The van der Waals surface area contributed by atoms with Crippen molar-refractivity contribution in [2.45, 2.75) is 25.8 Å². The largest absolute Gasteiger partial charge is 0.450 e. The highest BCUT2D eigenvalue weighted by molar-refractivity contribution is 14.0. The number of rotatable bonds is 6. The van der Waals surface area contributed by atoms with E-state index in [2.05, 4.69) is 20.9 Å². The number of benzene rings is 1. The van der Waals surface area contributed by atoms with Gasteiger partial charge < -0.3 is 25.6 Å². The number of hydrogen-bond acceptors (Lipinski definition) is 4. The molecule has 0 saturated carbocycles. The lowest BCUT2D eigenvalue weighted by atomic mass is 10.1. The SMILES string of the molecule is CCOC(=O)N1CCC(NC(=NC)NCCNC(=O)c2ccccc2Cl)CC1.I. The topological polar surface area (TPSA) is 95.1 Å². The van der Waals surface area contributed by atoms with Crippen molar-refractivity contribution in [3.63, 3.8) is 0 Å². The van der Waals surface area contributed by atoms with Gasteiger partial charge in [0.1, 0.15) is 0 Å². The lowest BCUT2D eigenvalue weighted by Gasteiger charge is -2.32. The maximum atomic E-state index is 12.1. The van der Waals surface area contributed by atoms with E-state index < -0.39 is 0 Å². The van der Waals surface area contributed by atoms with Crippen LogP contribution in [0.4, 0.5) is 4.79 Å². The lowest BCUT2D eigenvalue weighted by Crippen LogP contribution is -2.50. The molecule has 0 unspecified atom stereocenters. The molecule has 1 fully saturated rings. The van der Waals surface area contributed by atoms with Crippen LogP contribution in [-0.4, -0.2) is 68.7 Å². The third-order valence-corrected chi connectivity index (χ3v) is 4.74. The summed E-state index contributed by atoms with van der Waals surface area (Å²) in [5.41, 5.74) is 0.458. The molecule has 3 N–H and O–H groups in total. The van der Waals surface area contributed by atoms with Crippen molar-refractivity contribution in [3.05, 3.63) is 34.9 Å². The van der Waals surface area contributed by atoms with Gasteiger partial charge in [0.2, 0.25) is 0 Å². The van der Waals surface area contributed by atoms with Crippen molar-refractivity contribution in [2.24, 2.45) is 4.99 Å². The highest BCUT2D eigenvalue weighted by Crippen LogP contribution is 2.14. The number of hydrogen-bond donors (Lipinski definition) is 3. The van der Waals surface area contributed by atoms with Crippen molar-refractivity contribution in [2.75, 3.05) is 39.8 Å². The predicted molar refractivity (Wildman–Crippen MR) is 125 cm³/mol. The van der Waals surface area contributed by atoms with Gasteiger partial charge in [0.05, 0.1) is 17.2 Å². The number of amides is 2. The minimum Gasteiger partial charge on any atom is -0.450 e. The minimum atomic E-state index is -0.252. The summed E-state index contributed by atoms with van der Waals surface area (Å²) >= 11 is 6.02. The Morgan fingerprint density at radius 3 is 2.48 bits per heavy atom. The van der Waals surface area contributed by atoms with E-state index in [-0.39, 0.29) is 42.0 Å². The average molecular weight is 538 g/mol. The number of guanidine groups is 1. The number of halogens is 2. The second-order valence-electron chi connectivity index (χ2n) is 6.34. The van der Waals surface area contributed by atoms with E-state index in [1.165, 1.54) is 0 Å². The first kappa shape index (κ1) is 25.3. The quantitative estimate of drug-likeness (QED) is 0.224. The van der Waals surface area contributed by atoms with Crippen molar-refractivity contribution in [1.82, 2.24) is 20.9 Å². The highest BCUT2D eigenvalue weighted by atomic mass is 127. The molecule has 0 aliphatic carbocycles. The van der Waals surface area contributed by atoms with Crippen LogP contribution in [0.5, 0.6) is 0 Å². The number of piperidine rings is 1. The van der Waals surface area contributed by atoms with Gasteiger partial charge in [-0.1, -0.05) is 23.7 Å². The summed E-state index contributed by atoms with van der Waals surface area (Å²) < 4.78 is 5.03. The fourth-order valence-electron chi connectivity index (χ4n) is 2.91. The van der Waals surface area contributed by atoms with E-state index in [1.807, 2.05) is 0 Å². The molecule has 0 aromatic heterocycles. The van der Waals surface area contributed by atoms with Crippen LogP contribution >= 0.6 is 35.6 Å². The number of nitrogens with one attached hydrogen (secondary N) is 3. The predicted octanol–water partition coefficient (Wildman–Crippen LogP) is 2.47. The van der Waals surface area contributed by atoms with Crippen molar-refractivity contribution in [3.8, 4) is 0 Å². The van der Waals surface area contributed by atoms with Crippen LogP contribution in [0, 0.1) is 0 Å². The third kappa shape index (κ3) is 8.25. The molecule has 2 rings (SSSR count). The van der Waals surface area contributed by atoms with Gasteiger partial charge in [-0.25, -0.2) is 4.79 Å². The first-order chi connectivity index (χ1) is 13.5. The summed E-state index contributed by atoms with van der Waals surface area (Å²) in [7, 11) is 1.70. The molecule has 0 atom stereocenters. The van der Waals surface area contributed by atoms with Gasteiger partial charge in [-0.05, 0) is 31.9 Å². The Balaban J connectivity index is 0.00000420. The van der Waals surface area contributed by atoms with Crippen molar-refractivity contribution < 1.29 is 14.3 Å². The molecular formula is C19H29ClIN5O3. The molecule has 0 bridgehead atoms. The van der Waals surface area contributed by atoms with Crippen LogP contribution < -0.4 is 16.0 Å². The maximum absolute atomic E-state index is 12.1. The Labute approximate surface area is 193 Å². The van der Waals surface area contributed by atoms with Gasteiger partial charge in [-0.2, -0.15) is 0 Å². The molecule has 2 amide bonds. The van der Waals surface area contributed by atoms with Crippen LogP contribution in [0.1, 0.15) is 30.1 Å². The smallest absolute Gasteiger partial charge is 0.409 e. The zero-order valence-electron chi connectivity index (χ0n) is 16.7. The number of ether oxygens (including phenoxy) is 1.